The second-order valence-corrected chi connectivity index (χ2v) is 9.10. The molecule has 0 saturated carbocycles. The number of carbonyl (C=O) groups is 2. The first-order chi connectivity index (χ1) is 16.3. The molecule has 3 amide bonds. The van der Waals surface area contributed by atoms with Crippen LogP contribution in [0.1, 0.15) is 34.3 Å². The highest BCUT2D eigenvalue weighted by molar-refractivity contribution is 9.10. The van der Waals surface area contributed by atoms with Crippen LogP contribution in [0.4, 0.5) is 22.4 Å². The number of alkyl halides is 3. The molecule has 0 heterocycles. The van der Waals surface area contributed by atoms with Gasteiger partial charge in [-0.3, -0.25) is 4.79 Å². The van der Waals surface area contributed by atoms with Gasteiger partial charge < -0.3 is 15.5 Å². The summed E-state index contributed by atoms with van der Waals surface area (Å²) in [6.07, 6.45) is -2.55. The van der Waals surface area contributed by atoms with Crippen LogP contribution in [0.15, 0.2) is 40.9 Å². The molecule has 0 spiro atoms. The van der Waals surface area contributed by atoms with Crippen LogP contribution in [0.2, 0.25) is 10.0 Å². The third-order valence-electron chi connectivity index (χ3n) is 4.84. The number of benzene rings is 2. The van der Waals surface area contributed by atoms with Crippen molar-refractivity contribution < 1.29 is 27.2 Å². The van der Waals surface area contributed by atoms with Crippen LogP contribution in [-0.2, 0) is 0 Å². The zero-order valence-corrected chi connectivity index (χ0v) is 21.7. The molecule has 0 aliphatic carbocycles. The molecule has 35 heavy (non-hydrogen) atoms. The topological polar surface area (TPSA) is 61.4 Å². The monoisotopic (exact) mass is 597 g/mol. The number of nitrogens with zero attached hydrogens (tertiary/aromatic N) is 1. The zero-order valence-electron chi connectivity index (χ0n) is 18.6. The molecule has 0 aliphatic heterocycles. The minimum Gasteiger partial charge on any atom is -0.350 e. The van der Waals surface area contributed by atoms with Gasteiger partial charge in [-0.25, -0.2) is 9.18 Å². The molecule has 2 aromatic carbocycles. The lowest BCUT2D eigenvalue weighted by molar-refractivity contribution is -0.139. The summed E-state index contributed by atoms with van der Waals surface area (Å²) in [4.78, 5) is 25.5. The first-order valence-electron chi connectivity index (χ1n) is 10.3. The average molecular weight is 599 g/mol. The predicted octanol–water partition coefficient (Wildman–Crippen LogP) is 6.65. The highest BCUT2D eigenvalue weighted by Crippen LogP contribution is 2.39. The highest BCUT2D eigenvalue weighted by Gasteiger charge is 2.39. The van der Waals surface area contributed by atoms with Crippen molar-refractivity contribution in [1.29, 1.82) is 0 Å². The van der Waals surface area contributed by atoms with Gasteiger partial charge in [0.1, 0.15) is 0 Å². The fourth-order valence-electron chi connectivity index (χ4n) is 3.01. The van der Waals surface area contributed by atoms with Crippen molar-refractivity contribution in [2.75, 3.05) is 26.7 Å². The van der Waals surface area contributed by atoms with Gasteiger partial charge in [-0.1, -0.05) is 41.4 Å². The normalized spacial score (nSPS) is 12.5. The molecular weight excluding hydrogens is 577 g/mol. The molecule has 1 atom stereocenters. The van der Waals surface area contributed by atoms with E-state index < -0.39 is 33.9 Å². The van der Waals surface area contributed by atoms with Crippen molar-refractivity contribution in [3.8, 4) is 0 Å². The van der Waals surface area contributed by atoms with Gasteiger partial charge in [-0.05, 0) is 58.2 Å². The van der Waals surface area contributed by atoms with Crippen LogP contribution in [0, 0.1) is 5.82 Å². The average Bonchev–Trinajstić information content (AvgIpc) is 2.76. The van der Waals surface area contributed by atoms with Gasteiger partial charge in [-0.2, -0.15) is 13.2 Å². The number of nitrogens with one attached hydrogen (secondary N) is 2. The van der Waals surface area contributed by atoms with E-state index in [1.165, 1.54) is 29.2 Å². The minimum atomic E-state index is -4.68. The number of carbonyl (C=O) groups excluding carboxylic acids is 2. The summed E-state index contributed by atoms with van der Waals surface area (Å²) in [5.41, 5.74) is 0.350. The molecule has 0 fully saturated rings. The van der Waals surface area contributed by atoms with Crippen molar-refractivity contribution in [3.05, 3.63) is 73.4 Å². The van der Waals surface area contributed by atoms with Crippen molar-refractivity contribution in [2.24, 2.45) is 0 Å². The Morgan fingerprint density at radius 2 is 1.77 bits per heavy atom. The van der Waals surface area contributed by atoms with Crippen molar-refractivity contribution >= 4 is 57.1 Å². The van der Waals surface area contributed by atoms with Crippen molar-refractivity contribution in [3.63, 3.8) is 0 Å². The molecule has 190 valence electrons. The van der Waals surface area contributed by atoms with Gasteiger partial charge >= 0.3 is 12.2 Å². The SMILES string of the molecule is CCNC(=O)N(C)CCNC(=O)c1ccc(C=CC(c2cc(Cl)c(F)c(Cl)c2)C(F)(F)F)cc1Br. The number of amides is 3. The third kappa shape index (κ3) is 8.12. The third-order valence-corrected chi connectivity index (χ3v) is 6.05. The van der Waals surface area contributed by atoms with E-state index in [9.17, 15) is 27.2 Å². The van der Waals surface area contributed by atoms with Gasteiger partial charge in [0.2, 0.25) is 0 Å². The number of hydrogen-bond donors (Lipinski definition) is 2. The molecule has 1 unspecified atom stereocenters. The number of urea groups is 1. The Hall–Kier alpha value is -2.30. The van der Waals surface area contributed by atoms with Crippen molar-refractivity contribution in [1.82, 2.24) is 15.5 Å². The Morgan fingerprint density at radius 3 is 2.31 bits per heavy atom. The summed E-state index contributed by atoms with van der Waals surface area (Å²) >= 11 is 14.6. The lowest BCUT2D eigenvalue weighted by Crippen LogP contribution is -2.41. The second-order valence-electron chi connectivity index (χ2n) is 7.43. The van der Waals surface area contributed by atoms with Gasteiger partial charge in [0.05, 0.1) is 21.5 Å². The smallest absolute Gasteiger partial charge is 0.350 e. The molecule has 2 aromatic rings. The van der Waals surface area contributed by atoms with Crippen molar-refractivity contribution in [2.45, 2.75) is 19.0 Å². The van der Waals surface area contributed by atoms with E-state index in [2.05, 4.69) is 26.6 Å². The summed E-state index contributed by atoms with van der Waals surface area (Å²) in [5.74, 6) is -3.49. The van der Waals surface area contributed by atoms with E-state index in [-0.39, 0.29) is 30.2 Å². The number of allylic oxidation sites excluding steroid dienone is 1. The van der Waals surface area contributed by atoms with Gasteiger partial charge in [0.25, 0.3) is 5.91 Å². The molecule has 2 N–H and O–H groups in total. The lowest BCUT2D eigenvalue weighted by Gasteiger charge is -2.18. The quantitative estimate of drug-likeness (QED) is 0.264. The Bertz CT molecular complexity index is 1090. The van der Waals surface area contributed by atoms with Gasteiger partial charge in [0, 0.05) is 31.2 Å². The maximum atomic E-state index is 13.7. The van der Waals surface area contributed by atoms with E-state index >= 15 is 0 Å². The first kappa shape index (κ1) is 28.9. The molecule has 0 radical (unpaired) electrons. The Kier molecular flexibility index (Phi) is 10.4. The van der Waals surface area contributed by atoms with Crippen LogP contribution in [0.3, 0.4) is 0 Å². The number of hydrogen-bond acceptors (Lipinski definition) is 2. The fraction of sp³-hybridized carbons (Fsp3) is 0.304. The van der Waals surface area contributed by atoms with Gasteiger partial charge in [0.15, 0.2) is 5.82 Å². The fourth-order valence-corrected chi connectivity index (χ4v) is 4.09. The molecule has 2 rings (SSSR count). The molecule has 0 aromatic heterocycles. The highest BCUT2D eigenvalue weighted by atomic mass is 79.9. The zero-order chi connectivity index (χ0) is 26.3. The van der Waals surface area contributed by atoms with Crippen LogP contribution >= 0.6 is 39.1 Å². The Labute approximate surface area is 218 Å². The molecular formula is C23H22BrCl2F4N3O2. The van der Waals surface area contributed by atoms with E-state index in [0.29, 0.717) is 16.6 Å². The van der Waals surface area contributed by atoms with E-state index in [4.69, 9.17) is 23.2 Å². The molecule has 0 bridgehead atoms. The van der Waals surface area contributed by atoms with E-state index in [0.717, 1.165) is 18.2 Å². The Morgan fingerprint density at radius 1 is 1.14 bits per heavy atom. The van der Waals surface area contributed by atoms with E-state index in [1.54, 1.807) is 14.0 Å². The number of likely N-dealkylation sites (N-methyl/N-ethyl adjacent to an activating group) is 1. The standard InChI is InChI=1S/C23H22BrCl2F4N3O2/c1-3-31-22(35)33(2)9-8-32-21(34)15-6-4-13(10-17(15)24)5-7-16(23(28,29)30)14-11-18(25)20(27)19(26)12-14/h4-7,10-12,16H,3,8-9H2,1-2H3,(H,31,35)(H,32,34). The maximum Gasteiger partial charge on any atom is 0.399 e. The predicted molar refractivity (Wildman–Crippen MR) is 132 cm³/mol. The summed E-state index contributed by atoms with van der Waals surface area (Å²) in [6, 6.07) is 5.94. The van der Waals surface area contributed by atoms with Crippen LogP contribution in [-0.4, -0.2) is 49.7 Å². The molecule has 5 nitrogen and oxygen atoms in total. The second kappa shape index (κ2) is 12.6. The largest absolute Gasteiger partial charge is 0.399 e. The summed E-state index contributed by atoms with van der Waals surface area (Å²) < 4.78 is 55.0. The lowest BCUT2D eigenvalue weighted by atomic mass is 9.97. The minimum absolute atomic E-state index is 0.205. The van der Waals surface area contributed by atoms with E-state index in [1.807, 2.05) is 0 Å². The van der Waals surface area contributed by atoms with Crippen LogP contribution in [0.5, 0.6) is 0 Å². The number of halogens is 7. The molecule has 0 aliphatic rings. The maximum absolute atomic E-state index is 13.7. The number of rotatable bonds is 8. The Balaban J connectivity index is 2.14. The summed E-state index contributed by atoms with van der Waals surface area (Å²) in [7, 11) is 1.59. The first-order valence-corrected chi connectivity index (χ1v) is 11.9. The van der Waals surface area contributed by atoms with Crippen LogP contribution < -0.4 is 10.6 Å². The van der Waals surface area contributed by atoms with Crippen LogP contribution in [0.25, 0.3) is 6.08 Å². The molecule has 0 saturated heterocycles. The summed E-state index contributed by atoms with van der Waals surface area (Å²) in [6.45, 7) is 2.77. The summed E-state index contributed by atoms with van der Waals surface area (Å²) in [5, 5.41) is 4.30. The van der Waals surface area contributed by atoms with Gasteiger partial charge in [-0.15, -0.1) is 0 Å². The molecule has 12 heteroatoms.